The smallest absolute Gasteiger partial charge is 0.769 e. The molecule has 0 aliphatic carbocycles. The van der Waals surface area contributed by atoms with Gasteiger partial charge in [0.25, 0.3) is 0 Å². The summed E-state index contributed by atoms with van der Waals surface area (Å²) in [5.41, 5.74) is 0. The number of rotatable bonds is 4. The molecule has 0 spiro atoms. The Kier molecular flexibility index (Phi) is 22.5. The molecule has 0 aromatic carbocycles. The Morgan fingerprint density at radius 3 is 1.57 bits per heavy atom. The molecule has 0 bridgehead atoms. The van der Waals surface area contributed by atoms with E-state index in [1.807, 2.05) is 13.8 Å². The Morgan fingerprint density at radius 1 is 1.07 bits per heavy atom. The predicted octanol–water partition coefficient (Wildman–Crippen LogP) is -1.84. The Bertz CT molecular complexity index is 136. The second kappa shape index (κ2) is 15.8. The summed E-state index contributed by atoms with van der Waals surface area (Å²) >= 11 is 3.39. The molecule has 0 radical (unpaired) electrons. The molecule has 14 heavy (non-hydrogen) atoms. The van der Waals surface area contributed by atoms with Gasteiger partial charge in [-0.3, -0.25) is 9.59 Å². The van der Waals surface area contributed by atoms with Gasteiger partial charge in [0.1, 0.15) is 0 Å². The van der Waals surface area contributed by atoms with Crippen LogP contribution in [0.4, 0.5) is 0 Å². The molecule has 0 saturated heterocycles. The molecule has 0 rings (SSSR count). The summed E-state index contributed by atoms with van der Waals surface area (Å²) in [7, 11) is 0. The Balaban J connectivity index is -0.000000376. The van der Waals surface area contributed by atoms with Gasteiger partial charge in [0.05, 0.1) is 0 Å². The first-order chi connectivity index (χ1) is 6.20. The zero-order valence-electron chi connectivity index (χ0n) is 8.84. The maximum atomic E-state index is 10.7. The van der Waals surface area contributed by atoms with Crippen LogP contribution < -0.4 is 34.2 Å². The summed E-state index contributed by atoms with van der Waals surface area (Å²) in [5, 5.41) is 0. The Labute approximate surface area is 111 Å². The molecule has 0 heterocycles. The van der Waals surface area contributed by atoms with E-state index in [0.29, 0.717) is 12.8 Å². The van der Waals surface area contributed by atoms with Gasteiger partial charge < -0.3 is 9.40 Å². The summed E-state index contributed by atoms with van der Waals surface area (Å²) in [6, 6.07) is 0. The molecule has 0 aliphatic heterocycles. The number of halogens is 1. The topological polar surface area (TPSA) is 66.4 Å². The number of ether oxygens (including phenoxy) is 1. The normalized spacial score (nSPS) is 7.71. The van der Waals surface area contributed by atoms with Crippen LogP contribution in [0, 0.1) is 0 Å². The molecule has 0 saturated carbocycles. The van der Waals surface area contributed by atoms with Gasteiger partial charge in [0.15, 0.2) is 0 Å². The molecule has 0 aliphatic rings. The molecule has 0 N–H and O–H groups in total. The number of carbonyl (C=O) groups excluding carboxylic acids is 2. The van der Waals surface area contributed by atoms with Crippen LogP contribution in [0.15, 0.2) is 0 Å². The third kappa shape index (κ3) is 14.9. The van der Waals surface area contributed by atoms with E-state index in [9.17, 15) is 9.59 Å². The van der Waals surface area contributed by atoms with Crippen LogP contribution in [0.2, 0.25) is 0 Å². The van der Waals surface area contributed by atoms with E-state index in [4.69, 9.17) is 4.66 Å². The van der Waals surface area contributed by atoms with Crippen LogP contribution in [0.1, 0.15) is 39.5 Å². The van der Waals surface area contributed by atoms with E-state index in [-0.39, 0.29) is 29.6 Å². The van der Waals surface area contributed by atoms with Crippen molar-refractivity contribution in [2.24, 2.45) is 0 Å². The van der Waals surface area contributed by atoms with Crippen molar-refractivity contribution in [2.45, 2.75) is 39.5 Å². The van der Waals surface area contributed by atoms with Gasteiger partial charge in [-0.05, 0) is 12.8 Å². The first-order valence-electron chi connectivity index (χ1n) is 4.09. The second-order valence-electron chi connectivity index (χ2n) is 2.35. The standard InChI is InChI=1S/C8H14O3.ClO.Na/c1-3-5-7(9)11-8(10)6-4-2;1-2;/h3-6H2,1-2H3;;/q;-1;+1. The maximum absolute atomic E-state index is 10.7. The monoisotopic (exact) mass is 232 g/mol. The van der Waals surface area contributed by atoms with Gasteiger partial charge in [-0.1, -0.05) is 13.8 Å². The molecule has 4 nitrogen and oxygen atoms in total. The summed E-state index contributed by atoms with van der Waals surface area (Å²) in [4.78, 5) is 21.4. The van der Waals surface area contributed by atoms with Crippen molar-refractivity contribution in [3.05, 3.63) is 0 Å². The fourth-order valence-electron chi connectivity index (χ4n) is 0.637. The van der Waals surface area contributed by atoms with Crippen LogP contribution in [-0.4, -0.2) is 11.9 Å². The second-order valence-corrected chi connectivity index (χ2v) is 2.35. The third-order valence-electron chi connectivity index (χ3n) is 1.14. The van der Waals surface area contributed by atoms with Crippen molar-refractivity contribution in [3.63, 3.8) is 0 Å². The molecule has 0 unspecified atom stereocenters. The Hall–Kier alpha value is 0.390. The maximum Gasteiger partial charge on any atom is 1.00 e. The van der Waals surface area contributed by atoms with Gasteiger partial charge in [-0.2, -0.15) is 0 Å². The molecule has 6 heteroatoms. The van der Waals surface area contributed by atoms with Crippen molar-refractivity contribution in [2.75, 3.05) is 0 Å². The van der Waals surface area contributed by atoms with Gasteiger partial charge in [-0.15, -0.1) is 0 Å². The Morgan fingerprint density at radius 2 is 1.36 bits per heavy atom. The van der Waals surface area contributed by atoms with Gasteiger partial charge in [0, 0.05) is 12.8 Å². The average Bonchev–Trinajstić information content (AvgIpc) is 2.08. The van der Waals surface area contributed by atoms with Crippen LogP contribution in [0.5, 0.6) is 0 Å². The van der Waals surface area contributed by atoms with E-state index in [2.05, 4.69) is 16.6 Å². The van der Waals surface area contributed by atoms with Gasteiger partial charge in [-0.25, -0.2) is 11.9 Å². The minimum absolute atomic E-state index is 0. The molecule has 0 atom stereocenters. The number of esters is 2. The van der Waals surface area contributed by atoms with E-state index in [1.54, 1.807) is 0 Å². The first-order valence-corrected chi connectivity index (χ1v) is 4.40. The van der Waals surface area contributed by atoms with Crippen molar-refractivity contribution in [3.8, 4) is 0 Å². The zero-order chi connectivity index (χ0) is 10.7. The van der Waals surface area contributed by atoms with Gasteiger partial charge >= 0.3 is 41.5 Å². The summed E-state index contributed by atoms with van der Waals surface area (Å²) in [6.45, 7) is 3.73. The van der Waals surface area contributed by atoms with E-state index in [0.717, 1.165) is 12.8 Å². The first kappa shape index (κ1) is 19.9. The van der Waals surface area contributed by atoms with Crippen molar-refractivity contribution >= 4 is 23.8 Å². The fourth-order valence-corrected chi connectivity index (χ4v) is 0.637. The van der Waals surface area contributed by atoms with E-state index in [1.165, 1.54) is 0 Å². The molecule has 0 amide bonds. The quantitative estimate of drug-likeness (QED) is 0.325. The van der Waals surface area contributed by atoms with Crippen LogP contribution >= 0.6 is 11.9 Å². The van der Waals surface area contributed by atoms with Gasteiger partial charge in [0.2, 0.25) is 0 Å². The van der Waals surface area contributed by atoms with Crippen molar-refractivity contribution in [1.82, 2.24) is 0 Å². The summed E-state index contributed by atoms with van der Waals surface area (Å²) in [6.07, 6.45) is 2.10. The summed E-state index contributed by atoms with van der Waals surface area (Å²) in [5.74, 6) is -0.822. The third-order valence-corrected chi connectivity index (χ3v) is 1.14. The van der Waals surface area contributed by atoms with Crippen molar-refractivity contribution in [1.29, 1.82) is 0 Å². The minimum atomic E-state index is -0.411. The zero-order valence-corrected chi connectivity index (χ0v) is 11.6. The van der Waals surface area contributed by atoms with Crippen LogP contribution in [-0.2, 0) is 14.3 Å². The van der Waals surface area contributed by atoms with E-state index >= 15 is 0 Å². The SMILES string of the molecule is CCCC(=O)OC(=O)CCC.[Na+].[O-]Cl. The molecule has 0 aromatic heterocycles. The predicted molar refractivity (Wildman–Crippen MR) is 46.8 cm³/mol. The fraction of sp³-hybridized carbons (Fsp3) is 0.750. The minimum Gasteiger partial charge on any atom is -0.769 e. The molecule has 78 valence electrons. The number of hydrogen-bond acceptors (Lipinski definition) is 4. The molecular weight excluding hydrogens is 219 g/mol. The summed E-state index contributed by atoms with van der Waals surface area (Å²) < 4.78 is 12.2. The van der Waals surface area contributed by atoms with Crippen LogP contribution in [0.25, 0.3) is 0 Å². The largest absolute Gasteiger partial charge is 1.00 e. The molecule has 0 fully saturated rings. The van der Waals surface area contributed by atoms with Crippen LogP contribution in [0.3, 0.4) is 0 Å². The van der Waals surface area contributed by atoms with E-state index < -0.39 is 11.9 Å². The molecule has 0 aromatic rings. The van der Waals surface area contributed by atoms with Crippen molar-refractivity contribution < 1.29 is 48.5 Å². The molecular formula is C8H14ClNaO4. The number of carbonyl (C=O) groups is 2. The average molecular weight is 233 g/mol. The number of hydrogen-bond donors (Lipinski definition) is 0.